The van der Waals surface area contributed by atoms with Crippen LogP contribution >= 0.6 is 0 Å². The Morgan fingerprint density at radius 1 is 1.31 bits per heavy atom. The summed E-state index contributed by atoms with van der Waals surface area (Å²) in [5, 5.41) is 17.8. The van der Waals surface area contributed by atoms with Crippen molar-refractivity contribution < 1.29 is 10.2 Å². The molecule has 1 rings (SSSR count). The largest absolute Gasteiger partial charge is 0.396 e. The van der Waals surface area contributed by atoms with Crippen LogP contribution in [0, 0.1) is 11.8 Å². The summed E-state index contributed by atoms with van der Waals surface area (Å²) in [5.41, 5.74) is 0. The zero-order chi connectivity index (χ0) is 9.68. The Labute approximate surface area is 80.4 Å². The van der Waals surface area contributed by atoms with Gasteiger partial charge in [0.05, 0.1) is 0 Å². The monoisotopic (exact) mass is 187 g/mol. The van der Waals surface area contributed by atoms with Crippen LogP contribution in [0.25, 0.3) is 0 Å². The molecular weight excluding hydrogens is 166 g/mol. The molecule has 1 aliphatic heterocycles. The lowest BCUT2D eigenvalue weighted by Crippen LogP contribution is -2.38. The number of rotatable bonds is 4. The highest BCUT2D eigenvalue weighted by Crippen LogP contribution is 2.16. The van der Waals surface area contributed by atoms with Crippen LogP contribution < -0.4 is 0 Å². The molecule has 1 aliphatic rings. The number of hydrogen-bond donors (Lipinski definition) is 2. The second kappa shape index (κ2) is 5.58. The van der Waals surface area contributed by atoms with Gasteiger partial charge in [-0.3, -0.25) is 0 Å². The van der Waals surface area contributed by atoms with Crippen LogP contribution in [-0.2, 0) is 0 Å². The van der Waals surface area contributed by atoms with Gasteiger partial charge in [-0.05, 0) is 37.8 Å². The third-order valence-corrected chi connectivity index (χ3v) is 2.85. The number of aliphatic hydroxyl groups excluding tert-OH is 2. The van der Waals surface area contributed by atoms with E-state index < -0.39 is 0 Å². The van der Waals surface area contributed by atoms with Gasteiger partial charge in [0.15, 0.2) is 0 Å². The quantitative estimate of drug-likeness (QED) is 0.666. The van der Waals surface area contributed by atoms with E-state index in [1.807, 2.05) is 0 Å². The molecular formula is C10H21NO2. The van der Waals surface area contributed by atoms with Gasteiger partial charge in [-0.25, -0.2) is 0 Å². The van der Waals surface area contributed by atoms with Crippen molar-refractivity contribution in [2.24, 2.45) is 11.8 Å². The van der Waals surface area contributed by atoms with Crippen LogP contribution in [0.4, 0.5) is 0 Å². The number of aliphatic hydroxyl groups is 2. The third kappa shape index (κ3) is 3.63. The Balaban J connectivity index is 2.17. The van der Waals surface area contributed by atoms with E-state index in [9.17, 15) is 0 Å². The Morgan fingerprint density at radius 3 is 2.38 bits per heavy atom. The molecule has 0 aromatic carbocycles. The summed E-state index contributed by atoms with van der Waals surface area (Å²) in [6.45, 7) is 5.83. The molecule has 0 aromatic heterocycles. The normalized spacial score (nSPS) is 23.3. The van der Waals surface area contributed by atoms with Crippen LogP contribution in [0.2, 0.25) is 0 Å². The van der Waals surface area contributed by atoms with E-state index >= 15 is 0 Å². The average Bonchev–Trinajstić information content (AvgIpc) is 2.19. The number of piperidine rings is 1. The van der Waals surface area contributed by atoms with Gasteiger partial charge in [0.2, 0.25) is 0 Å². The molecule has 0 bridgehead atoms. The summed E-state index contributed by atoms with van der Waals surface area (Å²) in [5.74, 6) is 0.895. The fourth-order valence-electron chi connectivity index (χ4n) is 1.85. The second-order valence-corrected chi connectivity index (χ2v) is 4.21. The lowest BCUT2D eigenvalue weighted by Gasteiger charge is -2.32. The topological polar surface area (TPSA) is 43.7 Å². The molecule has 2 N–H and O–H groups in total. The zero-order valence-electron chi connectivity index (χ0n) is 8.45. The van der Waals surface area contributed by atoms with E-state index in [2.05, 4.69) is 11.8 Å². The molecule has 1 unspecified atom stereocenters. The van der Waals surface area contributed by atoms with E-state index in [1.165, 1.54) is 0 Å². The highest BCUT2D eigenvalue weighted by Gasteiger charge is 2.19. The second-order valence-electron chi connectivity index (χ2n) is 4.21. The first kappa shape index (κ1) is 11.0. The Hall–Kier alpha value is -0.120. The van der Waals surface area contributed by atoms with Crippen LogP contribution in [0.15, 0.2) is 0 Å². The lowest BCUT2D eigenvalue weighted by molar-refractivity contribution is 0.108. The fourth-order valence-corrected chi connectivity index (χ4v) is 1.85. The van der Waals surface area contributed by atoms with Gasteiger partial charge < -0.3 is 15.1 Å². The molecule has 1 atom stereocenters. The maximum Gasteiger partial charge on any atom is 0.0468 e. The molecule has 3 nitrogen and oxygen atoms in total. The molecule has 0 aromatic rings. The SMILES string of the molecule is CC(CO)CN1CCC(CO)CC1. The first-order chi connectivity index (χ1) is 6.26. The van der Waals surface area contributed by atoms with Crippen molar-refractivity contribution in [3.8, 4) is 0 Å². The van der Waals surface area contributed by atoms with Crippen LogP contribution in [0.5, 0.6) is 0 Å². The molecule has 0 saturated carbocycles. The number of likely N-dealkylation sites (tertiary alicyclic amines) is 1. The molecule has 0 spiro atoms. The Morgan fingerprint density at radius 2 is 1.92 bits per heavy atom. The van der Waals surface area contributed by atoms with Gasteiger partial charge in [0, 0.05) is 19.8 Å². The first-order valence-corrected chi connectivity index (χ1v) is 5.20. The van der Waals surface area contributed by atoms with E-state index in [0.29, 0.717) is 18.4 Å². The summed E-state index contributed by atoms with van der Waals surface area (Å²) in [6.07, 6.45) is 2.21. The van der Waals surface area contributed by atoms with Gasteiger partial charge in [0.25, 0.3) is 0 Å². The first-order valence-electron chi connectivity index (χ1n) is 5.20. The van der Waals surface area contributed by atoms with E-state index in [-0.39, 0.29) is 6.61 Å². The Kier molecular flexibility index (Phi) is 4.70. The van der Waals surface area contributed by atoms with Crippen molar-refractivity contribution in [1.82, 2.24) is 4.90 Å². The predicted octanol–water partition coefficient (Wildman–Crippen LogP) is 0.319. The highest BCUT2D eigenvalue weighted by molar-refractivity contribution is 4.72. The van der Waals surface area contributed by atoms with Crippen LogP contribution in [-0.4, -0.2) is 48.0 Å². The average molecular weight is 187 g/mol. The van der Waals surface area contributed by atoms with Gasteiger partial charge in [0.1, 0.15) is 0 Å². The number of nitrogens with zero attached hydrogens (tertiary/aromatic N) is 1. The molecule has 3 heteroatoms. The van der Waals surface area contributed by atoms with Gasteiger partial charge in [-0.2, -0.15) is 0 Å². The predicted molar refractivity (Wildman–Crippen MR) is 52.5 cm³/mol. The summed E-state index contributed by atoms with van der Waals surface area (Å²) in [6, 6.07) is 0. The number of hydrogen-bond acceptors (Lipinski definition) is 3. The molecule has 1 heterocycles. The minimum atomic E-state index is 0.278. The minimum Gasteiger partial charge on any atom is -0.396 e. The van der Waals surface area contributed by atoms with Crippen molar-refractivity contribution in [3.05, 3.63) is 0 Å². The maximum absolute atomic E-state index is 8.95. The zero-order valence-corrected chi connectivity index (χ0v) is 8.45. The van der Waals surface area contributed by atoms with Crippen molar-refractivity contribution in [1.29, 1.82) is 0 Å². The van der Waals surface area contributed by atoms with Crippen LogP contribution in [0.1, 0.15) is 19.8 Å². The molecule has 0 radical (unpaired) electrons. The van der Waals surface area contributed by atoms with E-state index in [1.54, 1.807) is 0 Å². The van der Waals surface area contributed by atoms with Gasteiger partial charge in [-0.15, -0.1) is 0 Å². The highest BCUT2D eigenvalue weighted by atomic mass is 16.3. The smallest absolute Gasteiger partial charge is 0.0468 e. The molecule has 78 valence electrons. The molecule has 1 fully saturated rings. The standard InChI is InChI=1S/C10H21NO2/c1-9(7-12)6-11-4-2-10(8-13)3-5-11/h9-10,12-13H,2-8H2,1H3. The van der Waals surface area contributed by atoms with E-state index in [4.69, 9.17) is 10.2 Å². The molecule has 13 heavy (non-hydrogen) atoms. The summed E-state index contributed by atoms with van der Waals surface area (Å²) < 4.78 is 0. The van der Waals surface area contributed by atoms with E-state index in [0.717, 1.165) is 32.5 Å². The van der Waals surface area contributed by atoms with Crippen molar-refractivity contribution in [2.45, 2.75) is 19.8 Å². The third-order valence-electron chi connectivity index (χ3n) is 2.85. The summed E-state index contributed by atoms with van der Waals surface area (Å²) >= 11 is 0. The van der Waals surface area contributed by atoms with Crippen molar-refractivity contribution in [3.63, 3.8) is 0 Å². The minimum absolute atomic E-state index is 0.278. The summed E-state index contributed by atoms with van der Waals surface area (Å²) in [4.78, 5) is 2.38. The fraction of sp³-hybridized carbons (Fsp3) is 1.00. The maximum atomic E-state index is 8.95. The van der Waals surface area contributed by atoms with Gasteiger partial charge in [-0.1, -0.05) is 6.92 Å². The molecule has 0 aliphatic carbocycles. The molecule has 0 amide bonds. The summed E-state index contributed by atoms with van der Waals surface area (Å²) in [7, 11) is 0. The lowest BCUT2D eigenvalue weighted by atomic mass is 9.97. The molecule has 1 saturated heterocycles. The van der Waals surface area contributed by atoms with Gasteiger partial charge >= 0.3 is 0 Å². The van der Waals surface area contributed by atoms with Crippen LogP contribution in [0.3, 0.4) is 0 Å². The Bertz CT molecular complexity index is 133. The van der Waals surface area contributed by atoms with Crippen molar-refractivity contribution >= 4 is 0 Å². The van der Waals surface area contributed by atoms with Crippen molar-refractivity contribution in [2.75, 3.05) is 32.8 Å².